The lowest BCUT2D eigenvalue weighted by atomic mass is 10.2. The number of fused-ring (bicyclic) bond motifs is 2. The SMILES string of the molecule is O=[N+]([O-])c1ccc(/C2=N/Nc3ccccc3OCCCOc3ccccc3N=N2)cc1. The number of para-hydroxylation sites is 3. The van der Waals surface area contributed by atoms with Gasteiger partial charge in [0.1, 0.15) is 17.2 Å². The summed E-state index contributed by atoms with van der Waals surface area (Å²) in [5.74, 6) is 1.49. The van der Waals surface area contributed by atoms with Gasteiger partial charge in [-0.15, -0.1) is 10.2 Å². The normalized spacial score (nSPS) is 15.5. The van der Waals surface area contributed by atoms with Gasteiger partial charge in [-0.25, -0.2) is 0 Å². The first-order chi connectivity index (χ1) is 15.2. The second kappa shape index (κ2) is 9.49. The molecule has 0 saturated carbocycles. The third-order valence-electron chi connectivity index (χ3n) is 4.43. The molecule has 4 rings (SSSR count). The Kier molecular flexibility index (Phi) is 6.13. The van der Waals surface area contributed by atoms with E-state index in [2.05, 4.69) is 20.8 Å². The topological polar surface area (TPSA) is 111 Å². The van der Waals surface area contributed by atoms with Crippen molar-refractivity contribution in [1.82, 2.24) is 0 Å². The van der Waals surface area contributed by atoms with Gasteiger partial charge >= 0.3 is 0 Å². The van der Waals surface area contributed by atoms with Crippen LogP contribution >= 0.6 is 0 Å². The van der Waals surface area contributed by atoms with Crippen LogP contribution in [0.4, 0.5) is 17.1 Å². The summed E-state index contributed by atoms with van der Waals surface area (Å²) in [4.78, 5) is 10.5. The predicted molar refractivity (Wildman–Crippen MR) is 116 cm³/mol. The lowest BCUT2D eigenvalue weighted by molar-refractivity contribution is -0.384. The Labute approximate surface area is 178 Å². The van der Waals surface area contributed by atoms with E-state index in [-0.39, 0.29) is 11.5 Å². The van der Waals surface area contributed by atoms with Gasteiger partial charge in [-0.1, -0.05) is 24.3 Å². The van der Waals surface area contributed by atoms with Crippen molar-refractivity contribution in [2.75, 3.05) is 18.6 Å². The Morgan fingerprint density at radius 2 is 1.52 bits per heavy atom. The first-order valence-corrected chi connectivity index (χ1v) is 9.64. The molecule has 0 saturated heterocycles. The number of rotatable bonds is 2. The number of hydrazone groups is 1. The largest absolute Gasteiger partial charge is 0.491 e. The van der Waals surface area contributed by atoms with Crippen molar-refractivity contribution in [3.05, 3.63) is 88.5 Å². The number of anilines is 1. The van der Waals surface area contributed by atoms with E-state index in [9.17, 15) is 10.1 Å². The number of hydrogen-bond donors (Lipinski definition) is 1. The molecule has 0 spiro atoms. The average Bonchev–Trinajstić information content (AvgIpc) is 2.80. The van der Waals surface area contributed by atoms with Gasteiger partial charge in [-0.3, -0.25) is 15.5 Å². The number of azo groups is 1. The summed E-state index contributed by atoms with van der Waals surface area (Å²) in [7, 11) is 0. The van der Waals surface area contributed by atoms with Crippen LogP contribution < -0.4 is 14.9 Å². The maximum absolute atomic E-state index is 11.0. The number of ether oxygens (including phenoxy) is 2. The molecule has 0 aromatic heterocycles. The number of hydrogen-bond acceptors (Lipinski definition) is 8. The molecule has 156 valence electrons. The van der Waals surface area contributed by atoms with E-state index >= 15 is 0 Å². The molecular weight excluding hydrogens is 398 g/mol. The standard InChI is InChI=1S/C22H19N5O4/c28-27(29)17-12-10-16(11-13-17)22-25-23-18-6-1-3-8-20(18)30-14-5-15-31-21-9-4-2-7-19(21)24-26-22/h1-4,6-13,23H,5,14-15H2/b25-22-,26-24?. The van der Waals surface area contributed by atoms with Crippen molar-refractivity contribution in [2.24, 2.45) is 15.3 Å². The minimum atomic E-state index is -0.458. The molecule has 0 amide bonds. The van der Waals surface area contributed by atoms with E-state index in [1.165, 1.54) is 12.1 Å². The van der Waals surface area contributed by atoms with Crippen LogP contribution in [-0.2, 0) is 0 Å². The monoisotopic (exact) mass is 417 g/mol. The zero-order valence-corrected chi connectivity index (χ0v) is 16.5. The Morgan fingerprint density at radius 1 is 0.839 bits per heavy atom. The maximum Gasteiger partial charge on any atom is 0.269 e. The maximum atomic E-state index is 11.0. The predicted octanol–water partition coefficient (Wildman–Crippen LogP) is 5.31. The summed E-state index contributed by atoms with van der Waals surface area (Å²) in [5.41, 5.74) is 4.73. The number of nitrogens with zero attached hydrogens (tertiary/aromatic N) is 4. The second-order valence-electron chi connectivity index (χ2n) is 6.57. The summed E-state index contributed by atoms with van der Waals surface area (Å²) in [6, 6.07) is 20.7. The number of nitro benzene ring substituents is 1. The molecule has 0 unspecified atom stereocenters. The molecule has 1 heterocycles. The average molecular weight is 417 g/mol. The van der Waals surface area contributed by atoms with Crippen molar-refractivity contribution in [1.29, 1.82) is 0 Å². The van der Waals surface area contributed by atoms with E-state index in [4.69, 9.17) is 9.47 Å². The quantitative estimate of drug-likeness (QED) is 0.448. The minimum Gasteiger partial charge on any atom is -0.491 e. The first-order valence-electron chi connectivity index (χ1n) is 9.64. The minimum absolute atomic E-state index is 0.0207. The fourth-order valence-corrected chi connectivity index (χ4v) is 2.86. The van der Waals surface area contributed by atoms with E-state index in [1.54, 1.807) is 18.2 Å². The Bertz CT molecular complexity index is 1130. The summed E-state index contributed by atoms with van der Waals surface area (Å²) in [5, 5.41) is 24.0. The fraction of sp³-hybridized carbons (Fsp3) is 0.136. The van der Waals surface area contributed by atoms with Crippen molar-refractivity contribution < 1.29 is 14.4 Å². The summed E-state index contributed by atoms with van der Waals surface area (Å²) >= 11 is 0. The number of benzene rings is 3. The highest BCUT2D eigenvalue weighted by Crippen LogP contribution is 2.29. The molecule has 9 nitrogen and oxygen atoms in total. The molecule has 1 aliphatic rings. The molecule has 31 heavy (non-hydrogen) atoms. The molecule has 0 radical (unpaired) electrons. The van der Waals surface area contributed by atoms with E-state index in [1.807, 2.05) is 42.5 Å². The molecular formula is C22H19N5O4. The van der Waals surface area contributed by atoms with Gasteiger partial charge in [0, 0.05) is 24.1 Å². The number of non-ortho nitro benzene ring substituents is 1. The van der Waals surface area contributed by atoms with Crippen LogP contribution in [0.3, 0.4) is 0 Å². The number of amidine groups is 1. The van der Waals surface area contributed by atoms with Crippen molar-refractivity contribution in [3.8, 4) is 11.5 Å². The zero-order valence-electron chi connectivity index (χ0n) is 16.5. The van der Waals surface area contributed by atoms with Crippen LogP contribution in [0.2, 0.25) is 0 Å². The first kappa shape index (κ1) is 20.0. The van der Waals surface area contributed by atoms with Gasteiger partial charge in [0.15, 0.2) is 0 Å². The second-order valence-corrected chi connectivity index (χ2v) is 6.57. The molecule has 0 bridgehead atoms. The fourth-order valence-electron chi connectivity index (χ4n) is 2.86. The number of nitrogens with one attached hydrogen (secondary N) is 1. The molecule has 1 N–H and O–H groups in total. The van der Waals surface area contributed by atoms with Crippen LogP contribution in [-0.4, -0.2) is 24.0 Å². The lowest BCUT2D eigenvalue weighted by Crippen LogP contribution is -2.07. The van der Waals surface area contributed by atoms with Crippen molar-refractivity contribution in [2.45, 2.75) is 6.42 Å². The molecule has 1 aliphatic heterocycles. The van der Waals surface area contributed by atoms with Crippen LogP contribution in [0, 0.1) is 10.1 Å². The van der Waals surface area contributed by atoms with Gasteiger partial charge in [-0.05, 0) is 36.4 Å². The summed E-state index contributed by atoms with van der Waals surface area (Å²) in [6.07, 6.45) is 0.692. The highest BCUT2D eigenvalue weighted by Gasteiger charge is 2.11. The Hall–Kier alpha value is -4.27. The Morgan fingerprint density at radius 3 is 2.29 bits per heavy atom. The third kappa shape index (κ3) is 5.02. The summed E-state index contributed by atoms with van der Waals surface area (Å²) < 4.78 is 11.7. The molecule has 0 aliphatic carbocycles. The molecule has 3 aromatic rings. The lowest BCUT2D eigenvalue weighted by Gasteiger charge is -2.13. The van der Waals surface area contributed by atoms with Crippen LogP contribution in [0.25, 0.3) is 0 Å². The van der Waals surface area contributed by atoms with E-state index in [0.29, 0.717) is 48.1 Å². The molecule has 3 aromatic carbocycles. The van der Waals surface area contributed by atoms with Crippen LogP contribution in [0.15, 0.2) is 88.1 Å². The van der Waals surface area contributed by atoms with Gasteiger partial charge in [0.2, 0.25) is 5.84 Å². The van der Waals surface area contributed by atoms with Gasteiger partial charge < -0.3 is 9.47 Å². The van der Waals surface area contributed by atoms with Gasteiger partial charge in [0.05, 0.1) is 23.8 Å². The Balaban J connectivity index is 1.74. The van der Waals surface area contributed by atoms with Crippen LogP contribution in [0.5, 0.6) is 11.5 Å². The van der Waals surface area contributed by atoms with E-state index in [0.717, 1.165) is 0 Å². The zero-order chi connectivity index (χ0) is 21.5. The summed E-state index contributed by atoms with van der Waals surface area (Å²) in [6.45, 7) is 0.937. The molecule has 9 heteroatoms. The van der Waals surface area contributed by atoms with Crippen molar-refractivity contribution in [3.63, 3.8) is 0 Å². The van der Waals surface area contributed by atoms with Crippen molar-refractivity contribution >= 4 is 22.9 Å². The van der Waals surface area contributed by atoms with Crippen LogP contribution in [0.1, 0.15) is 12.0 Å². The molecule has 0 fully saturated rings. The highest BCUT2D eigenvalue weighted by atomic mass is 16.6. The third-order valence-corrected chi connectivity index (χ3v) is 4.43. The van der Waals surface area contributed by atoms with Gasteiger partial charge in [0.25, 0.3) is 5.69 Å². The highest BCUT2D eigenvalue weighted by molar-refractivity contribution is 6.00. The molecule has 0 atom stereocenters. The van der Waals surface area contributed by atoms with Gasteiger partial charge in [-0.2, -0.15) is 5.10 Å². The number of nitro groups is 1. The smallest absolute Gasteiger partial charge is 0.269 e. The van der Waals surface area contributed by atoms with E-state index < -0.39 is 4.92 Å².